The third-order valence-electron chi connectivity index (χ3n) is 2.48. The molecule has 1 fully saturated rings. The minimum Gasteiger partial charge on any atom is -0.369 e. The maximum absolute atomic E-state index is 5.92. The van der Waals surface area contributed by atoms with Gasteiger partial charge < -0.3 is 15.0 Å². The Hall–Kier alpha value is -0.290. The molecule has 1 aliphatic rings. The fourth-order valence-electron chi connectivity index (χ4n) is 1.72. The lowest BCUT2D eigenvalue weighted by Crippen LogP contribution is -2.25. The van der Waals surface area contributed by atoms with Gasteiger partial charge in [-0.05, 0) is 13.3 Å². The van der Waals surface area contributed by atoms with E-state index in [2.05, 4.69) is 16.5 Å². The number of hydrogen-bond donors (Lipinski definition) is 1. The summed E-state index contributed by atoms with van der Waals surface area (Å²) in [6.45, 7) is 3.76. The van der Waals surface area contributed by atoms with Gasteiger partial charge in [-0.25, -0.2) is 4.98 Å². The first-order valence-electron chi connectivity index (χ1n) is 4.71. The summed E-state index contributed by atoms with van der Waals surface area (Å²) in [5, 5.41) is 0. The molecule has 0 radical (unpaired) electrons. The molecule has 88 valence electrons. The topological polar surface area (TPSA) is 53.1 Å². The van der Waals surface area contributed by atoms with Crippen LogP contribution in [0.25, 0.3) is 0 Å². The van der Waals surface area contributed by atoms with E-state index in [1.165, 1.54) is 0 Å². The molecule has 0 amide bonds. The van der Waals surface area contributed by atoms with E-state index in [0.717, 1.165) is 25.4 Å². The second-order valence-corrected chi connectivity index (χ2v) is 3.32. The number of halogens is 2. The molecule has 2 rings (SSSR count). The molecule has 15 heavy (non-hydrogen) atoms. The molecule has 1 aromatic heterocycles. The van der Waals surface area contributed by atoms with E-state index < -0.39 is 0 Å². The first-order valence-corrected chi connectivity index (χ1v) is 4.71. The molecule has 2 N–H and O–H groups in total. The van der Waals surface area contributed by atoms with Crippen LogP contribution in [0.1, 0.15) is 25.3 Å². The SMILES string of the molecule is CCn1ccnc1[C@@H]1OCC[C@H]1N.Cl.Cl. The highest BCUT2D eigenvalue weighted by Gasteiger charge is 2.29. The van der Waals surface area contributed by atoms with Crippen LogP contribution < -0.4 is 5.73 Å². The number of aromatic nitrogens is 2. The van der Waals surface area contributed by atoms with Crippen molar-refractivity contribution >= 4 is 24.8 Å². The predicted molar refractivity (Wildman–Crippen MR) is 63.7 cm³/mol. The lowest BCUT2D eigenvalue weighted by Gasteiger charge is -2.14. The Balaban J connectivity index is 0.000000980. The van der Waals surface area contributed by atoms with E-state index in [4.69, 9.17) is 10.5 Å². The molecule has 4 nitrogen and oxygen atoms in total. The summed E-state index contributed by atoms with van der Waals surface area (Å²) >= 11 is 0. The number of hydrogen-bond acceptors (Lipinski definition) is 3. The van der Waals surface area contributed by atoms with Crippen molar-refractivity contribution in [3.8, 4) is 0 Å². The van der Waals surface area contributed by atoms with E-state index in [1.807, 2.05) is 6.20 Å². The van der Waals surface area contributed by atoms with Gasteiger partial charge in [0.15, 0.2) is 0 Å². The van der Waals surface area contributed by atoms with Crippen LogP contribution in [0.4, 0.5) is 0 Å². The fraction of sp³-hybridized carbons (Fsp3) is 0.667. The zero-order valence-electron chi connectivity index (χ0n) is 8.63. The van der Waals surface area contributed by atoms with Gasteiger partial charge in [-0.15, -0.1) is 24.8 Å². The van der Waals surface area contributed by atoms with Gasteiger partial charge >= 0.3 is 0 Å². The standard InChI is InChI=1S/C9H15N3O.2ClH/c1-2-12-5-4-11-9(12)8-7(10)3-6-13-8;;/h4-5,7-8H,2-3,6,10H2,1H3;2*1H/t7-,8-;;/m1../s1. The second-order valence-electron chi connectivity index (χ2n) is 3.32. The maximum Gasteiger partial charge on any atom is 0.139 e. The van der Waals surface area contributed by atoms with Gasteiger partial charge in [0.1, 0.15) is 11.9 Å². The third-order valence-corrected chi connectivity index (χ3v) is 2.48. The summed E-state index contributed by atoms with van der Waals surface area (Å²) in [6.07, 6.45) is 4.69. The Morgan fingerprint density at radius 3 is 2.87 bits per heavy atom. The summed E-state index contributed by atoms with van der Waals surface area (Å²) in [5.41, 5.74) is 5.92. The van der Waals surface area contributed by atoms with Crippen LogP contribution in [0.2, 0.25) is 0 Å². The quantitative estimate of drug-likeness (QED) is 0.870. The Bertz CT molecular complexity index is 293. The van der Waals surface area contributed by atoms with E-state index in [1.54, 1.807) is 6.20 Å². The Morgan fingerprint density at radius 1 is 1.60 bits per heavy atom. The van der Waals surface area contributed by atoms with Gasteiger partial charge in [-0.2, -0.15) is 0 Å². The number of nitrogens with two attached hydrogens (primary N) is 1. The lowest BCUT2D eigenvalue weighted by atomic mass is 10.1. The van der Waals surface area contributed by atoms with Crippen molar-refractivity contribution in [3.63, 3.8) is 0 Å². The van der Waals surface area contributed by atoms with Crippen LogP contribution in [0.3, 0.4) is 0 Å². The number of rotatable bonds is 2. The van der Waals surface area contributed by atoms with Gasteiger partial charge in [0.2, 0.25) is 0 Å². The molecule has 0 aliphatic carbocycles. The van der Waals surface area contributed by atoms with Crippen molar-refractivity contribution in [2.75, 3.05) is 6.61 Å². The summed E-state index contributed by atoms with van der Waals surface area (Å²) in [7, 11) is 0. The molecule has 0 spiro atoms. The molecule has 0 bridgehead atoms. The molecule has 0 saturated carbocycles. The fourth-order valence-corrected chi connectivity index (χ4v) is 1.72. The van der Waals surface area contributed by atoms with Crippen LogP contribution in [0.15, 0.2) is 12.4 Å². The summed E-state index contributed by atoms with van der Waals surface area (Å²) < 4.78 is 7.62. The van der Waals surface area contributed by atoms with Crippen LogP contribution in [-0.2, 0) is 11.3 Å². The smallest absolute Gasteiger partial charge is 0.139 e. The van der Waals surface area contributed by atoms with E-state index in [9.17, 15) is 0 Å². The zero-order valence-corrected chi connectivity index (χ0v) is 10.3. The van der Waals surface area contributed by atoms with Crippen LogP contribution in [0, 0.1) is 0 Å². The minimum absolute atomic E-state index is 0. The third kappa shape index (κ3) is 2.84. The Labute approximate surface area is 102 Å². The van der Waals surface area contributed by atoms with Gasteiger partial charge in [-0.3, -0.25) is 0 Å². The number of ether oxygens (including phenoxy) is 1. The summed E-state index contributed by atoms with van der Waals surface area (Å²) in [6, 6.07) is 0.104. The molecule has 1 aliphatic heterocycles. The highest BCUT2D eigenvalue weighted by Crippen LogP contribution is 2.26. The van der Waals surface area contributed by atoms with Gasteiger partial charge in [0.25, 0.3) is 0 Å². The molecule has 6 heteroatoms. The maximum atomic E-state index is 5.92. The van der Waals surface area contributed by atoms with E-state index in [0.29, 0.717) is 0 Å². The predicted octanol–water partition coefficient (Wildman–Crippen LogP) is 1.54. The number of imidazole rings is 1. The van der Waals surface area contributed by atoms with Crippen molar-refractivity contribution in [1.29, 1.82) is 0 Å². The van der Waals surface area contributed by atoms with Crippen LogP contribution >= 0.6 is 24.8 Å². The molecule has 1 saturated heterocycles. The summed E-state index contributed by atoms with van der Waals surface area (Å²) in [5.74, 6) is 0.965. The summed E-state index contributed by atoms with van der Waals surface area (Å²) in [4.78, 5) is 4.28. The molecule has 0 unspecified atom stereocenters. The van der Waals surface area contributed by atoms with E-state index >= 15 is 0 Å². The molecule has 1 aromatic rings. The van der Waals surface area contributed by atoms with Crippen molar-refractivity contribution in [2.45, 2.75) is 32.0 Å². The first-order chi connectivity index (χ1) is 6.33. The molecular weight excluding hydrogens is 237 g/mol. The van der Waals surface area contributed by atoms with Gasteiger partial charge in [-0.1, -0.05) is 0 Å². The largest absolute Gasteiger partial charge is 0.369 e. The van der Waals surface area contributed by atoms with Crippen molar-refractivity contribution in [1.82, 2.24) is 9.55 Å². The molecule has 2 atom stereocenters. The zero-order chi connectivity index (χ0) is 9.26. The van der Waals surface area contributed by atoms with E-state index in [-0.39, 0.29) is 37.0 Å². The Kier molecular flexibility index (Phi) is 6.20. The average Bonchev–Trinajstić information content (AvgIpc) is 2.71. The molecule has 0 aromatic carbocycles. The Morgan fingerprint density at radius 2 is 2.33 bits per heavy atom. The first kappa shape index (κ1) is 14.7. The van der Waals surface area contributed by atoms with Crippen LogP contribution in [-0.4, -0.2) is 22.2 Å². The van der Waals surface area contributed by atoms with Crippen molar-refractivity contribution in [3.05, 3.63) is 18.2 Å². The monoisotopic (exact) mass is 253 g/mol. The molecule has 2 heterocycles. The minimum atomic E-state index is -0.00468. The number of nitrogens with zero attached hydrogens (tertiary/aromatic N) is 2. The lowest BCUT2D eigenvalue weighted by molar-refractivity contribution is 0.0950. The average molecular weight is 254 g/mol. The highest BCUT2D eigenvalue weighted by atomic mass is 35.5. The number of aryl methyl sites for hydroxylation is 1. The molecular formula is C9H17Cl2N3O. The van der Waals surface area contributed by atoms with Crippen molar-refractivity contribution in [2.24, 2.45) is 5.73 Å². The van der Waals surface area contributed by atoms with Crippen molar-refractivity contribution < 1.29 is 4.74 Å². The van der Waals surface area contributed by atoms with Gasteiger partial charge in [0, 0.05) is 31.6 Å². The second kappa shape index (κ2) is 6.33. The van der Waals surface area contributed by atoms with Crippen LogP contribution in [0.5, 0.6) is 0 Å². The van der Waals surface area contributed by atoms with Gasteiger partial charge in [0.05, 0.1) is 0 Å². The normalized spacial score (nSPS) is 24.4. The highest BCUT2D eigenvalue weighted by molar-refractivity contribution is 5.85.